The molecule has 0 fully saturated rings. The molecular weight excluding hydrogens is 328 g/mol. The first-order valence-corrected chi connectivity index (χ1v) is 8.59. The van der Waals surface area contributed by atoms with Gasteiger partial charge in [-0.05, 0) is 50.0 Å². The minimum absolute atomic E-state index is 0.0729. The van der Waals surface area contributed by atoms with E-state index in [1.807, 2.05) is 32.3 Å². The van der Waals surface area contributed by atoms with Gasteiger partial charge in [-0.25, -0.2) is 10.4 Å². The number of aromatic amines is 1. The lowest BCUT2D eigenvalue weighted by atomic mass is 9.97. The van der Waals surface area contributed by atoms with Crippen LogP contribution in [0.1, 0.15) is 17.2 Å². The summed E-state index contributed by atoms with van der Waals surface area (Å²) in [6.07, 6.45) is 1.52. The Morgan fingerprint density at radius 1 is 1.12 bits per heavy atom. The molecule has 0 bridgehead atoms. The van der Waals surface area contributed by atoms with E-state index in [1.54, 1.807) is 0 Å². The maximum Gasteiger partial charge on any atom is 0.155 e. The van der Waals surface area contributed by atoms with Gasteiger partial charge < -0.3 is 15.1 Å². The van der Waals surface area contributed by atoms with E-state index < -0.39 is 0 Å². The molecule has 1 aliphatic heterocycles. The zero-order chi connectivity index (χ0) is 17.9. The highest BCUT2D eigenvalue weighted by molar-refractivity contribution is 5.67. The molecule has 0 radical (unpaired) electrons. The molecule has 0 aliphatic carbocycles. The Morgan fingerprint density at radius 2 is 1.96 bits per heavy atom. The number of anilines is 1. The number of likely N-dealkylation sites (N-methyl/N-ethyl adjacent to an activating group) is 1. The molecule has 1 unspecified atom stereocenters. The third kappa shape index (κ3) is 3.40. The van der Waals surface area contributed by atoms with E-state index in [2.05, 4.69) is 55.2 Å². The summed E-state index contributed by atoms with van der Waals surface area (Å²) in [6.45, 7) is 1.58. The van der Waals surface area contributed by atoms with E-state index in [0.29, 0.717) is 6.61 Å². The number of aromatic nitrogens is 3. The lowest BCUT2D eigenvalue weighted by molar-refractivity contribution is 0.261. The van der Waals surface area contributed by atoms with Crippen LogP contribution >= 0.6 is 0 Å². The molecule has 1 atom stereocenters. The van der Waals surface area contributed by atoms with Crippen molar-refractivity contribution in [3.8, 4) is 17.1 Å². The maximum absolute atomic E-state index is 5.77. The summed E-state index contributed by atoms with van der Waals surface area (Å²) in [5, 5.41) is 6.84. The molecule has 26 heavy (non-hydrogen) atoms. The van der Waals surface area contributed by atoms with Gasteiger partial charge in [0.25, 0.3) is 0 Å². The van der Waals surface area contributed by atoms with Crippen molar-refractivity contribution in [1.29, 1.82) is 0 Å². The molecule has 134 valence electrons. The van der Waals surface area contributed by atoms with Crippen LogP contribution in [0.2, 0.25) is 0 Å². The zero-order valence-corrected chi connectivity index (χ0v) is 14.9. The third-order valence-corrected chi connectivity index (χ3v) is 4.42. The highest BCUT2D eigenvalue weighted by atomic mass is 16.5. The van der Waals surface area contributed by atoms with E-state index >= 15 is 0 Å². The van der Waals surface area contributed by atoms with Crippen molar-refractivity contribution in [3.63, 3.8) is 0 Å². The van der Waals surface area contributed by atoms with Gasteiger partial charge in [0.2, 0.25) is 0 Å². The number of hydrogen-bond donors (Lipinski definition) is 3. The summed E-state index contributed by atoms with van der Waals surface area (Å²) in [7, 11) is 4.07. The van der Waals surface area contributed by atoms with Crippen LogP contribution in [0.25, 0.3) is 11.4 Å². The van der Waals surface area contributed by atoms with Crippen molar-refractivity contribution in [3.05, 3.63) is 59.9 Å². The van der Waals surface area contributed by atoms with E-state index in [-0.39, 0.29) is 6.04 Å². The number of fused-ring (bicyclic) bond motifs is 1. The van der Waals surface area contributed by atoms with Gasteiger partial charge in [0.05, 0.1) is 11.7 Å². The number of hydrazine groups is 1. The average molecular weight is 350 g/mol. The molecular formula is C19H22N6O. The number of nitrogens with one attached hydrogen (secondary N) is 3. The van der Waals surface area contributed by atoms with Crippen molar-refractivity contribution in [2.45, 2.75) is 6.04 Å². The van der Waals surface area contributed by atoms with Crippen LogP contribution in [0.4, 0.5) is 5.69 Å². The molecule has 0 spiro atoms. The van der Waals surface area contributed by atoms with E-state index in [0.717, 1.165) is 29.4 Å². The van der Waals surface area contributed by atoms with Crippen LogP contribution in [0.5, 0.6) is 5.75 Å². The first-order chi connectivity index (χ1) is 12.7. The molecule has 7 heteroatoms. The third-order valence-electron chi connectivity index (χ3n) is 4.42. The molecule has 3 N–H and O–H groups in total. The molecule has 0 saturated heterocycles. The van der Waals surface area contributed by atoms with Crippen molar-refractivity contribution in [2.75, 3.05) is 32.7 Å². The predicted molar refractivity (Wildman–Crippen MR) is 101 cm³/mol. The maximum atomic E-state index is 5.77. The zero-order valence-electron chi connectivity index (χ0n) is 14.9. The van der Waals surface area contributed by atoms with E-state index in [1.165, 1.54) is 17.5 Å². The minimum atomic E-state index is 0.0729. The average Bonchev–Trinajstić information content (AvgIpc) is 3.31. The Labute approximate surface area is 152 Å². The Balaban J connectivity index is 1.52. The van der Waals surface area contributed by atoms with Crippen LogP contribution in [0, 0.1) is 0 Å². The predicted octanol–water partition coefficient (Wildman–Crippen LogP) is 2.43. The van der Waals surface area contributed by atoms with Gasteiger partial charge >= 0.3 is 0 Å². The van der Waals surface area contributed by atoms with Gasteiger partial charge in [0, 0.05) is 17.7 Å². The SMILES string of the molecule is CN(C)CCOc1ccc(C2NNc3ccc(-c4ncn[nH]4)cc32)cc1. The van der Waals surface area contributed by atoms with Gasteiger partial charge in [-0.15, -0.1) is 0 Å². The second kappa shape index (κ2) is 7.15. The fourth-order valence-electron chi connectivity index (χ4n) is 3.00. The van der Waals surface area contributed by atoms with Gasteiger partial charge in [-0.1, -0.05) is 12.1 Å². The van der Waals surface area contributed by atoms with Crippen LogP contribution < -0.4 is 15.6 Å². The second-order valence-corrected chi connectivity index (χ2v) is 6.56. The number of H-pyrrole nitrogens is 1. The lowest BCUT2D eigenvalue weighted by Crippen LogP contribution is -2.20. The van der Waals surface area contributed by atoms with Crippen molar-refractivity contribution in [2.24, 2.45) is 0 Å². The van der Waals surface area contributed by atoms with Crippen LogP contribution in [0.15, 0.2) is 48.8 Å². The molecule has 4 rings (SSSR count). The quantitative estimate of drug-likeness (QED) is 0.634. The largest absolute Gasteiger partial charge is 0.492 e. The van der Waals surface area contributed by atoms with E-state index in [9.17, 15) is 0 Å². The number of ether oxygens (including phenoxy) is 1. The monoisotopic (exact) mass is 350 g/mol. The van der Waals surface area contributed by atoms with Crippen molar-refractivity contribution < 1.29 is 4.74 Å². The number of nitrogens with zero attached hydrogens (tertiary/aromatic N) is 3. The number of hydrogen-bond acceptors (Lipinski definition) is 6. The Hall–Kier alpha value is -2.90. The Morgan fingerprint density at radius 3 is 2.69 bits per heavy atom. The van der Waals surface area contributed by atoms with Crippen molar-refractivity contribution in [1.82, 2.24) is 25.5 Å². The lowest BCUT2D eigenvalue weighted by Gasteiger charge is -2.14. The summed E-state index contributed by atoms with van der Waals surface area (Å²) in [5.41, 5.74) is 11.0. The highest BCUT2D eigenvalue weighted by Gasteiger charge is 2.24. The highest BCUT2D eigenvalue weighted by Crippen LogP contribution is 2.35. The molecule has 0 amide bonds. The summed E-state index contributed by atoms with van der Waals surface area (Å²) in [5.74, 6) is 1.65. The smallest absolute Gasteiger partial charge is 0.155 e. The summed E-state index contributed by atoms with van der Waals surface area (Å²) < 4.78 is 5.77. The van der Waals surface area contributed by atoms with Gasteiger partial charge in [-0.2, -0.15) is 5.10 Å². The summed E-state index contributed by atoms with van der Waals surface area (Å²) >= 11 is 0. The first kappa shape index (κ1) is 16.6. The standard InChI is InChI=1S/C19H22N6O/c1-25(2)9-10-26-15-6-3-13(4-7-15)18-16-11-14(19-20-12-21-24-19)5-8-17(16)22-23-18/h3-8,11-12,18,22-23H,9-10H2,1-2H3,(H,20,21,24). The summed E-state index contributed by atoms with van der Waals surface area (Å²) in [6, 6.07) is 14.5. The van der Waals surface area contributed by atoms with Crippen LogP contribution in [-0.2, 0) is 0 Å². The minimum Gasteiger partial charge on any atom is -0.492 e. The van der Waals surface area contributed by atoms with Crippen LogP contribution in [-0.4, -0.2) is 47.3 Å². The molecule has 1 aliphatic rings. The first-order valence-electron chi connectivity index (χ1n) is 8.59. The normalized spacial score (nSPS) is 15.7. The van der Waals surface area contributed by atoms with Crippen molar-refractivity contribution >= 4 is 5.69 Å². The molecule has 2 aromatic carbocycles. The summed E-state index contributed by atoms with van der Waals surface area (Å²) in [4.78, 5) is 6.34. The molecule has 1 aromatic heterocycles. The topological polar surface area (TPSA) is 78.1 Å². The Bertz CT molecular complexity index is 860. The van der Waals surface area contributed by atoms with Gasteiger partial charge in [0.15, 0.2) is 5.82 Å². The molecule has 2 heterocycles. The molecule has 7 nitrogen and oxygen atoms in total. The molecule has 3 aromatic rings. The van der Waals surface area contributed by atoms with Crippen LogP contribution in [0.3, 0.4) is 0 Å². The Kier molecular flexibility index (Phi) is 4.55. The second-order valence-electron chi connectivity index (χ2n) is 6.56. The number of rotatable bonds is 6. The fraction of sp³-hybridized carbons (Fsp3) is 0.263. The number of benzene rings is 2. The van der Waals surface area contributed by atoms with Gasteiger partial charge in [0.1, 0.15) is 18.7 Å². The fourth-order valence-corrected chi connectivity index (χ4v) is 3.00. The van der Waals surface area contributed by atoms with E-state index in [4.69, 9.17) is 4.74 Å². The molecule has 0 saturated carbocycles. The van der Waals surface area contributed by atoms with Gasteiger partial charge in [-0.3, -0.25) is 5.10 Å².